The Hall–Kier alpha value is -4.46. The standard InChI is InChI=1S/C27H26N2O6/c1-18(30)21-7-3-5-9-23(21)29-26(32)17-35-27(33)22-8-4-6-10-24(22)28-25(31)16-13-19-11-14-20(34-2)15-12-19/h3-12,14-15H,13,16-17H2,1-2H3,(H,28,31)(H,29,32). The van der Waals surface area contributed by atoms with E-state index in [1.54, 1.807) is 49.6 Å². The van der Waals surface area contributed by atoms with E-state index in [2.05, 4.69) is 10.6 Å². The lowest BCUT2D eigenvalue weighted by molar-refractivity contribution is -0.119. The summed E-state index contributed by atoms with van der Waals surface area (Å²) in [4.78, 5) is 49.0. The molecule has 0 atom stereocenters. The van der Waals surface area contributed by atoms with Gasteiger partial charge in [-0.3, -0.25) is 14.4 Å². The van der Waals surface area contributed by atoms with Gasteiger partial charge in [-0.1, -0.05) is 36.4 Å². The molecule has 0 aliphatic carbocycles. The Labute approximate surface area is 203 Å². The summed E-state index contributed by atoms with van der Waals surface area (Å²) in [5.74, 6) is -1.07. The zero-order valence-electron chi connectivity index (χ0n) is 19.5. The summed E-state index contributed by atoms with van der Waals surface area (Å²) >= 11 is 0. The van der Waals surface area contributed by atoms with Gasteiger partial charge in [-0.05, 0) is 55.3 Å². The summed E-state index contributed by atoms with van der Waals surface area (Å²) in [6, 6.07) is 20.4. The number of hydrogen-bond donors (Lipinski definition) is 2. The molecule has 0 heterocycles. The fraction of sp³-hybridized carbons (Fsp3) is 0.185. The SMILES string of the molecule is COc1ccc(CCC(=O)Nc2ccccc2C(=O)OCC(=O)Nc2ccccc2C(C)=O)cc1. The normalized spacial score (nSPS) is 10.2. The van der Waals surface area contributed by atoms with Gasteiger partial charge in [0.1, 0.15) is 5.75 Å². The number of carbonyl (C=O) groups is 4. The quantitative estimate of drug-likeness (QED) is 0.335. The Morgan fingerprint density at radius 2 is 1.31 bits per heavy atom. The maximum absolute atomic E-state index is 12.6. The molecule has 0 saturated heterocycles. The molecule has 0 fully saturated rings. The summed E-state index contributed by atoms with van der Waals surface area (Å²) in [7, 11) is 1.59. The summed E-state index contributed by atoms with van der Waals surface area (Å²) in [5.41, 5.74) is 2.09. The lowest BCUT2D eigenvalue weighted by Crippen LogP contribution is -2.23. The Morgan fingerprint density at radius 1 is 0.743 bits per heavy atom. The van der Waals surface area contributed by atoms with Crippen molar-refractivity contribution in [2.75, 3.05) is 24.4 Å². The van der Waals surface area contributed by atoms with Gasteiger partial charge in [0.2, 0.25) is 5.91 Å². The van der Waals surface area contributed by atoms with Crippen molar-refractivity contribution in [1.82, 2.24) is 0 Å². The highest BCUT2D eigenvalue weighted by Gasteiger charge is 2.17. The van der Waals surface area contributed by atoms with Gasteiger partial charge in [0, 0.05) is 12.0 Å². The largest absolute Gasteiger partial charge is 0.497 e. The summed E-state index contributed by atoms with van der Waals surface area (Å²) in [6.07, 6.45) is 0.734. The number of para-hydroxylation sites is 2. The van der Waals surface area contributed by atoms with E-state index in [4.69, 9.17) is 9.47 Å². The van der Waals surface area contributed by atoms with Crippen molar-refractivity contribution in [1.29, 1.82) is 0 Å². The third-order valence-corrected chi connectivity index (χ3v) is 5.14. The first-order valence-corrected chi connectivity index (χ1v) is 11.0. The molecule has 2 N–H and O–H groups in total. The zero-order valence-corrected chi connectivity index (χ0v) is 19.5. The van der Waals surface area contributed by atoms with Crippen molar-refractivity contribution in [2.24, 2.45) is 0 Å². The minimum atomic E-state index is -0.758. The maximum atomic E-state index is 12.6. The molecule has 8 nitrogen and oxygen atoms in total. The number of ether oxygens (including phenoxy) is 2. The van der Waals surface area contributed by atoms with Crippen LogP contribution >= 0.6 is 0 Å². The van der Waals surface area contributed by atoms with Gasteiger partial charge in [0.05, 0.1) is 24.0 Å². The van der Waals surface area contributed by atoms with Gasteiger partial charge < -0.3 is 20.1 Å². The minimum Gasteiger partial charge on any atom is -0.497 e. The van der Waals surface area contributed by atoms with E-state index in [-0.39, 0.29) is 23.7 Å². The van der Waals surface area contributed by atoms with Crippen LogP contribution < -0.4 is 15.4 Å². The van der Waals surface area contributed by atoms with Gasteiger partial charge in [0.25, 0.3) is 5.91 Å². The molecule has 0 radical (unpaired) electrons. The molecule has 3 aromatic carbocycles. The van der Waals surface area contributed by atoms with Crippen LogP contribution in [0.15, 0.2) is 72.8 Å². The minimum absolute atomic E-state index is 0.127. The Kier molecular flexibility index (Phi) is 8.72. The van der Waals surface area contributed by atoms with Crippen molar-refractivity contribution < 1.29 is 28.7 Å². The van der Waals surface area contributed by atoms with E-state index in [9.17, 15) is 19.2 Å². The van der Waals surface area contributed by atoms with Gasteiger partial charge >= 0.3 is 5.97 Å². The van der Waals surface area contributed by atoms with Crippen LogP contribution in [0.5, 0.6) is 5.75 Å². The number of methoxy groups -OCH3 is 1. The number of amides is 2. The van der Waals surface area contributed by atoms with Crippen molar-refractivity contribution in [3.63, 3.8) is 0 Å². The molecule has 0 bridgehead atoms. The predicted octanol–water partition coefficient (Wildman–Crippen LogP) is 4.26. The molecule has 3 aromatic rings. The zero-order chi connectivity index (χ0) is 25.2. The first-order chi connectivity index (χ1) is 16.9. The fourth-order valence-corrected chi connectivity index (χ4v) is 3.33. The molecule has 180 valence electrons. The smallest absolute Gasteiger partial charge is 0.340 e. The highest BCUT2D eigenvalue weighted by Crippen LogP contribution is 2.19. The highest BCUT2D eigenvalue weighted by molar-refractivity contribution is 6.05. The van der Waals surface area contributed by atoms with E-state index >= 15 is 0 Å². The molecule has 0 spiro atoms. The number of aryl methyl sites for hydroxylation is 1. The Bertz CT molecular complexity index is 1220. The number of anilines is 2. The average Bonchev–Trinajstić information content (AvgIpc) is 2.87. The number of esters is 1. The lowest BCUT2D eigenvalue weighted by Gasteiger charge is -2.12. The van der Waals surface area contributed by atoms with Crippen molar-refractivity contribution in [3.8, 4) is 5.75 Å². The molecule has 8 heteroatoms. The van der Waals surface area contributed by atoms with E-state index in [1.807, 2.05) is 24.3 Å². The summed E-state index contributed by atoms with van der Waals surface area (Å²) < 4.78 is 10.3. The highest BCUT2D eigenvalue weighted by atomic mass is 16.5. The van der Waals surface area contributed by atoms with Crippen molar-refractivity contribution >= 4 is 34.9 Å². The van der Waals surface area contributed by atoms with E-state index in [0.717, 1.165) is 11.3 Å². The van der Waals surface area contributed by atoms with E-state index < -0.39 is 18.5 Å². The topological polar surface area (TPSA) is 111 Å². The van der Waals surface area contributed by atoms with Crippen LogP contribution in [-0.4, -0.2) is 37.3 Å². The second-order valence-electron chi connectivity index (χ2n) is 7.67. The molecule has 35 heavy (non-hydrogen) atoms. The average molecular weight is 475 g/mol. The maximum Gasteiger partial charge on any atom is 0.340 e. The van der Waals surface area contributed by atoms with Crippen molar-refractivity contribution in [2.45, 2.75) is 19.8 Å². The third kappa shape index (κ3) is 7.26. The van der Waals surface area contributed by atoms with Crippen LogP contribution in [0.2, 0.25) is 0 Å². The van der Waals surface area contributed by atoms with Gasteiger partial charge in [-0.15, -0.1) is 0 Å². The number of carbonyl (C=O) groups excluding carboxylic acids is 4. The first kappa shape index (κ1) is 25.2. The third-order valence-electron chi connectivity index (χ3n) is 5.14. The second kappa shape index (κ2) is 12.1. The molecular formula is C27H26N2O6. The van der Waals surface area contributed by atoms with Gasteiger partial charge in [0.15, 0.2) is 12.4 Å². The molecule has 2 amide bonds. The van der Waals surface area contributed by atoms with Crippen LogP contribution in [0, 0.1) is 0 Å². The molecule has 0 unspecified atom stereocenters. The van der Waals surface area contributed by atoms with Crippen LogP contribution in [0.3, 0.4) is 0 Å². The van der Waals surface area contributed by atoms with Gasteiger partial charge in [-0.2, -0.15) is 0 Å². The lowest BCUT2D eigenvalue weighted by atomic mass is 10.1. The summed E-state index contributed by atoms with van der Waals surface area (Å²) in [5, 5.41) is 5.30. The summed E-state index contributed by atoms with van der Waals surface area (Å²) in [6.45, 7) is 0.845. The van der Waals surface area contributed by atoms with Crippen LogP contribution in [0.1, 0.15) is 39.6 Å². The number of hydrogen-bond acceptors (Lipinski definition) is 6. The molecule has 0 saturated carbocycles. The predicted molar refractivity (Wildman–Crippen MR) is 132 cm³/mol. The Balaban J connectivity index is 1.55. The molecule has 3 rings (SSSR count). The van der Waals surface area contributed by atoms with Crippen molar-refractivity contribution in [3.05, 3.63) is 89.5 Å². The first-order valence-electron chi connectivity index (χ1n) is 11.0. The Morgan fingerprint density at radius 3 is 1.94 bits per heavy atom. The monoisotopic (exact) mass is 474 g/mol. The number of benzene rings is 3. The van der Waals surface area contributed by atoms with Gasteiger partial charge in [-0.25, -0.2) is 4.79 Å². The van der Waals surface area contributed by atoms with Crippen LogP contribution in [-0.2, 0) is 20.7 Å². The van der Waals surface area contributed by atoms with E-state index in [0.29, 0.717) is 23.4 Å². The number of ketones is 1. The van der Waals surface area contributed by atoms with E-state index in [1.165, 1.54) is 13.0 Å². The fourth-order valence-electron chi connectivity index (χ4n) is 3.33. The van der Waals surface area contributed by atoms with Crippen LogP contribution in [0.4, 0.5) is 11.4 Å². The molecule has 0 aromatic heterocycles. The second-order valence-corrected chi connectivity index (χ2v) is 7.67. The number of nitrogens with one attached hydrogen (secondary N) is 2. The molecule has 0 aliphatic heterocycles. The number of Topliss-reactive ketones (excluding diaryl/α,β-unsaturated/α-hetero) is 1. The molecule has 0 aliphatic rings. The molecular weight excluding hydrogens is 448 g/mol. The number of rotatable bonds is 10. The van der Waals surface area contributed by atoms with Crippen LogP contribution in [0.25, 0.3) is 0 Å².